The van der Waals surface area contributed by atoms with Crippen molar-refractivity contribution in [2.75, 3.05) is 10.6 Å². The molecule has 3 aromatic rings. The summed E-state index contributed by atoms with van der Waals surface area (Å²) in [5, 5.41) is 14.6. The van der Waals surface area contributed by atoms with Crippen LogP contribution in [0.25, 0.3) is 6.08 Å². The second-order valence-corrected chi connectivity index (χ2v) is 6.50. The smallest absolute Gasteiger partial charge is 0.416 e. The fourth-order valence-electron chi connectivity index (χ4n) is 2.69. The number of halogens is 3. The number of aromatic hydroxyl groups is 1. The van der Waals surface area contributed by atoms with E-state index < -0.39 is 23.6 Å². The van der Waals surface area contributed by atoms with E-state index in [1.807, 2.05) is 0 Å². The van der Waals surface area contributed by atoms with Gasteiger partial charge in [-0.25, -0.2) is 0 Å². The molecule has 8 heteroatoms. The van der Waals surface area contributed by atoms with E-state index in [4.69, 9.17) is 0 Å². The van der Waals surface area contributed by atoms with Crippen LogP contribution in [0.4, 0.5) is 24.5 Å². The molecule has 0 fully saturated rings. The normalized spacial score (nSPS) is 11.3. The minimum absolute atomic E-state index is 0.0165. The number of phenolic OH excluding ortho intramolecular Hbond substituents is 1. The molecule has 0 atom stereocenters. The van der Waals surface area contributed by atoms with Crippen LogP contribution in [-0.2, 0) is 11.0 Å². The van der Waals surface area contributed by atoms with Crippen LogP contribution < -0.4 is 10.6 Å². The van der Waals surface area contributed by atoms with E-state index in [0.29, 0.717) is 5.56 Å². The highest BCUT2D eigenvalue weighted by molar-refractivity contribution is 6.05. The molecule has 0 aliphatic rings. The molecule has 0 saturated heterocycles. The maximum atomic E-state index is 12.8. The molecule has 2 amide bonds. The molecule has 5 nitrogen and oxygen atoms in total. The summed E-state index contributed by atoms with van der Waals surface area (Å²) in [5.74, 6) is -1.15. The maximum absolute atomic E-state index is 12.8. The molecule has 0 aliphatic carbocycles. The van der Waals surface area contributed by atoms with Crippen molar-refractivity contribution in [3.63, 3.8) is 0 Å². The molecule has 3 rings (SSSR count). The quantitative estimate of drug-likeness (QED) is 0.382. The zero-order valence-electron chi connectivity index (χ0n) is 16.0. The summed E-state index contributed by atoms with van der Waals surface area (Å²) in [6.07, 6.45) is -1.81. The first-order valence-electron chi connectivity index (χ1n) is 9.08. The molecule has 0 radical (unpaired) electrons. The number of para-hydroxylation sites is 2. The third kappa shape index (κ3) is 5.96. The lowest BCUT2D eigenvalue weighted by atomic mass is 10.1. The van der Waals surface area contributed by atoms with E-state index in [1.54, 1.807) is 30.3 Å². The second-order valence-electron chi connectivity index (χ2n) is 6.50. The number of anilines is 2. The number of carbonyl (C=O) groups is 2. The van der Waals surface area contributed by atoms with Gasteiger partial charge in [-0.1, -0.05) is 30.3 Å². The highest BCUT2D eigenvalue weighted by atomic mass is 19.4. The van der Waals surface area contributed by atoms with Gasteiger partial charge in [0.25, 0.3) is 5.91 Å². The average Bonchev–Trinajstić information content (AvgIpc) is 2.74. The van der Waals surface area contributed by atoms with Gasteiger partial charge in [0, 0.05) is 17.3 Å². The molecule has 0 saturated carbocycles. The van der Waals surface area contributed by atoms with Gasteiger partial charge in [-0.05, 0) is 54.1 Å². The number of benzene rings is 3. The van der Waals surface area contributed by atoms with Gasteiger partial charge in [-0.2, -0.15) is 13.2 Å². The predicted molar refractivity (Wildman–Crippen MR) is 112 cm³/mol. The summed E-state index contributed by atoms with van der Waals surface area (Å²) in [6, 6.07) is 16.8. The number of hydrogen-bond donors (Lipinski definition) is 3. The SMILES string of the molecule is O=C(C=Cc1cccc(C(=O)Nc2cccc(C(F)(F)F)c2)c1)Nc1ccccc1O. The molecular formula is C23H17F3N2O3. The molecule has 158 valence electrons. The number of alkyl halides is 3. The standard InChI is InChI=1S/C23H17F3N2O3/c24-23(25,26)17-7-4-8-18(14-17)27-22(31)16-6-3-5-15(13-16)11-12-21(30)28-19-9-1-2-10-20(19)29/h1-14,29H,(H,27,31)(H,28,30). The van der Waals surface area contributed by atoms with Crippen LogP contribution in [0.3, 0.4) is 0 Å². The Balaban J connectivity index is 1.68. The van der Waals surface area contributed by atoms with Crippen LogP contribution in [0.15, 0.2) is 78.9 Å². The average molecular weight is 426 g/mol. The predicted octanol–water partition coefficient (Wildman–Crippen LogP) is 5.32. The van der Waals surface area contributed by atoms with E-state index in [0.717, 1.165) is 12.1 Å². The van der Waals surface area contributed by atoms with Crippen molar-refractivity contribution < 1.29 is 27.9 Å². The topological polar surface area (TPSA) is 78.4 Å². The largest absolute Gasteiger partial charge is 0.506 e. The minimum Gasteiger partial charge on any atom is -0.506 e. The Hall–Kier alpha value is -4.07. The van der Waals surface area contributed by atoms with E-state index in [2.05, 4.69) is 10.6 Å². The van der Waals surface area contributed by atoms with Gasteiger partial charge in [0.2, 0.25) is 5.91 Å². The maximum Gasteiger partial charge on any atom is 0.416 e. The van der Waals surface area contributed by atoms with E-state index in [-0.39, 0.29) is 22.7 Å². The molecule has 0 aliphatic heterocycles. The van der Waals surface area contributed by atoms with Crippen LogP contribution in [-0.4, -0.2) is 16.9 Å². The number of amides is 2. The first-order chi connectivity index (χ1) is 14.7. The van der Waals surface area contributed by atoms with Gasteiger partial charge in [-0.3, -0.25) is 9.59 Å². The molecule has 31 heavy (non-hydrogen) atoms. The highest BCUT2D eigenvalue weighted by Crippen LogP contribution is 2.30. The summed E-state index contributed by atoms with van der Waals surface area (Å²) in [6.45, 7) is 0. The van der Waals surface area contributed by atoms with E-state index >= 15 is 0 Å². The molecule has 3 N–H and O–H groups in total. The molecule has 0 bridgehead atoms. The third-order valence-electron chi connectivity index (χ3n) is 4.19. The Labute approximate surface area is 175 Å². The second kappa shape index (κ2) is 9.17. The van der Waals surface area contributed by atoms with Crippen LogP contribution in [0.5, 0.6) is 5.75 Å². The fraction of sp³-hybridized carbons (Fsp3) is 0.0435. The Morgan fingerprint density at radius 2 is 1.61 bits per heavy atom. The van der Waals surface area contributed by atoms with Gasteiger partial charge >= 0.3 is 6.18 Å². The monoisotopic (exact) mass is 426 g/mol. The van der Waals surface area contributed by atoms with Gasteiger partial charge in [0.1, 0.15) is 5.75 Å². The molecule has 0 unspecified atom stereocenters. The van der Waals surface area contributed by atoms with Gasteiger partial charge in [0.05, 0.1) is 11.3 Å². The lowest BCUT2D eigenvalue weighted by Gasteiger charge is -2.10. The van der Waals surface area contributed by atoms with E-state index in [9.17, 15) is 27.9 Å². The van der Waals surface area contributed by atoms with Crippen LogP contribution in [0.1, 0.15) is 21.5 Å². The molecule has 0 aromatic heterocycles. The van der Waals surface area contributed by atoms with Crippen molar-refractivity contribution in [2.45, 2.75) is 6.18 Å². The molecular weight excluding hydrogens is 409 g/mol. The van der Waals surface area contributed by atoms with Crippen LogP contribution in [0, 0.1) is 0 Å². The Bertz CT molecular complexity index is 1140. The van der Waals surface area contributed by atoms with Crippen molar-refractivity contribution in [2.24, 2.45) is 0 Å². The van der Waals surface area contributed by atoms with Crippen molar-refractivity contribution in [3.05, 3.63) is 95.6 Å². The van der Waals surface area contributed by atoms with Gasteiger partial charge in [0.15, 0.2) is 0 Å². The number of carbonyl (C=O) groups excluding carboxylic acids is 2. The van der Waals surface area contributed by atoms with Crippen molar-refractivity contribution in [1.29, 1.82) is 0 Å². The first kappa shape index (κ1) is 21.6. The van der Waals surface area contributed by atoms with Gasteiger partial charge in [-0.15, -0.1) is 0 Å². The summed E-state index contributed by atoms with van der Waals surface area (Å²) in [4.78, 5) is 24.5. The molecule has 0 spiro atoms. The Morgan fingerprint density at radius 1 is 0.871 bits per heavy atom. The van der Waals surface area contributed by atoms with E-state index in [1.165, 1.54) is 42.5 Å². The summed E-state index contributed by atoms with van der Waals surface area (Å²) >= 11 is 0. The zero-order valence-corrected chi connectivity index (χ0v) is 16.0. The number of hydrogen-bond acceptors (Lipinski definition) is 3. The number of rotatable bonds is 5. The lowest BCUT2D eigenvalue weighted by Crippen LogP contribution is -2.13. The number of phenols is 1. The lowest BCUT2D eigenvalue weighted by molar-refractivity contribution is -0.137. The third-order valence-corrected chi connectivity index (χ3v) is 4.19. The van der Waals surface area contributed by atoms with Crippen molar-refractivity contribution in [1.82, 2.24) is 0 Å². The number of nitrogens with one attached hydrogen (secondary N) is 2. The van der Waals surface area contributed by atoms with Crippen LogP contribution in [0.2, 0.25) is 0 Å². The molecule has 3 aromatic carbocycles. The van der Waals surface area contributed by atoms with Gasteiger partial charge < -0.3 is 15.7 Å². The Kier molecular flexibility index (Phi) is 6.40. The summed E-state index contributed by atoms with van der Waals surface area (Å²) in [5.41, 5.74) is 0.149. The highest BCUT2D eigenvalue weighted by Gasteiger charge is 2.30. The first-order valence-corrected chi connectivity index (χ1v) is 9.08. The van der Waals surface area contributed by atoms with Crippen molar-refractivity contribution >= 4 is 29.3 Å². The van der Waals surface area contributed by atoms with Crippen molar-refractivity contribution in [3.8, 4) is 5.75 Å². The zero-order chi connectivity index (χ0) is 22.4. The summed E-state index contributed by atoms with van der Waals surface area (Å²) in [7, 11) is 0. The summed E-state index contributed by atoms with van der Waals surface area (Å²) < 4.78 is 38.5. The Morgan fingerprint density at radius 3 is 2.35 bits per heavy atom. The molecule has 0 heterocycles. The minimum atomic E-state index is -4.51. The van der Waals surface area contributed by atoms with Crippen LogP contribution >= 0.6 is 0 Å². The fourth-order valence-corrected chi connectivity index (χ4v) is 2.69.